The van der Waals surface area contributed by atoms with Gasteiger partial charge in [-0.25, -0.2) is 4.98 Å². The summed E-state index contributed by atoms with van der Waals surface area (Å²) in [5, 5.41) is 3.10. The Bertz CT molecular complexity index is 203. The molecule has 1 aromatic rings. The average Bonchev–Trinajstić information content (AvgIpc) is 1.95. The molecule has 1 heterocycles. The number of halogens is 3. The molecule has 12 heavy (non-hydrogen) atoms. The molecule has 0 spiro atoms. The van der Waals surface area contributed by atoms with Crippen LogP contribution < -0.4 is 5.32 Å². The molecule has 1 aromatic heterocycles. The number of nitrogens with zero attached hydrogens (tertiary/aromatic N) is 1. The summed E-state index contributed by atoms with van der Waals surface area (Å²) in [6, 6.07) is 3.90. The second kappa shape index (κ2) is 7.65. The van der Waals surface area contributed by atoms with Crippen LogP contribution >= 0.6 is 40.7 Å². The average molecular weight is 274 g/mol. The molecule has 0 bridgehead atoms. The maximum atomic E-state index is 4.11. The van der Waals surface area contributed by atoms with E-state index in [4.69, 9.17) is 0 Å². The van der Waals surface area contributed by atoms with Gasteiger partial charge in [-0.15, -0.1) is 24.8 Å². The van der Waals surface area contributed by atoms with E-state index < -0.39 is 0 Å². The summed E-state index contributed by atoms with van der Waals surface area (Å²) in [5.74, 6) is 0.922. The van der Waals surface area contributed by atoms with Crippen LogP contribution in [0.15, 0.2) is 22.8 Å². The van der Waals surface area contributed by atoms with Crippen LogP contribution in [0.5, 0.6) is 0 Å². The van der Waals surface area contributed by atoms with E-state index in [9.17, 15) is 0 Å². The Morgan fingerprint density at radius 1 is 1.42 bits per heavy atom. The van der Waals surface area contributed by atoms with Crippen molar-refractivity contribution >= 4 is 46.6 Å². The number of nitrogens with one attached hydrogen (secondary N) is 1. The number of hydrogen-bond acceptors (Lipinski definition) is 2. The van der Waals surface area contributed by atoms with Crippen molar-refractivity contribution in [2.24, 2.45) is 0 Å². The van der Waals surface area contributed by atoms with Gasteiger partial charge in [-0.1, -0.05) is 0 Å². The van der Waals surface area contributed by atoms with Crippen LogP contribution in [-0.4, -0.2) is 11.5 Å². The molecule has 0 saturated carbocycles. The van der Waals surface area contributed by atoms with Crippen LogP contribution in [0, 0.1) is 0 Å². The van der Waals surface area contributed by atoms with Crippen molar-refractivity contribution in [2.75, 3.05) is 11.9 Å². The summed E-state index contributed by atoms with van der Waals surface area (Å²) in [4.78, 5) is 4.11. The molecule has 0 atom stereocenters. The molecule has 1 rings (SSSR count). The van der Waals surface area contributed by atoms with Crippen molar-refractivity contribution in [3.8, 4) is 0 Å². The van der Waals surface area contributed by atoms with Crippen LogP contribution in [0.25, 0.3) is 0 Å². The van der Waals surface area contributed by atoms with Crippen molar-refractivity contribution in [2.45, 2.75) is 6.92 Å². The zero-order chi connectivity index (χ0) is 7.40. The Morgan fingerprint density at radius 3 is 2.50 bits per heavy atom. The molecule has 0 fully saturated rings. The number of rotatable bonds is 2. The molecule has 0 aliphatic carbocycles. The van der Waals surface area contributed by atoms with E-state index in [1.165, 1.54) is 0 Å². The lowest BCUT2D eigenvalue weighted by atomic mass is 10.4. The summed E-state index contributed by atoms with van der Waals surface area (Å²) >= 11 is 3.31. The van der Waals surface area contributed by atoms with E-state index in [1.807, 2.05) is 19.1 Å². The second-order valence-electron chi connectivity index (χ2n) is 1.89. The van der Waals surface area contributed by atoms with Gasteiger partial charge in [0, 0.05) is 17.2 Å². The van der Waals surface area contributed by atoms with Crippen LogP contribution in [0.3, 0.4) is 0 Å². The molecule has 0 aliphatic rings. The van der Waals surface area contributed by atoms with E-state index in [-0.39, 0.29) is 24.8 Å². The van der Waals surface area contributed by atoms with E-state index >= 15 is 0 Å². The number of pyridine rings is 1. The Balaban J connectivity index is 0. The first kappa shape index (κ1) is 14.5. The SMILES string of the molecule is CCNc1ccc(Br)cn1.Cl.Cl. The quantitative estimate of drug-likeness (QED) is 0.896. The van der Waals surface area contributed by atoms with Gasteiger partial charge >= 0.3 is 0 Å². The minimum atomic E-state index is 0. The van der Waals surface area contributed by atoms with Gasteiger partial charge in [0.2, 0.25) is 0 Å². The molecule has 2 nitrogen and oxygen atoms in total. The van der Waals surface area contributed by atoms with E-state index in [1.54, 1.807) is 6.20 Å². The number of aromatic nitrogens is 1. The Morgan fingerprint density at radius 2 is 2.08 bits per heavy atom. The van der Waals surface area contributed by atoms with Gasteiger partial charge in [0.05, 0.1) is 0 Å². The molecule has 1 N–H and O–H groups in total. The van der Waals surface area contributed by atoms with Gasteiger partial charge in [0.25, 0.3) is 0 Å². The molecular formula is C7H11BrCl2N2. The third-order valence-corrected chi connectivity index (χ3v) is 1.55. The highest BCUT2D eigenvalue weighted by atomic mass is 79.9. The Kier molecular flexibility index (Phi) is 9.26. The maximum absolute atomic E-state index is 4.11. The molecule has 5 heteroatoms. The van der Waals surface area contributed by atoms with Crippen molar-refractivity contribution < 1.29 is 0 Å². The summed E-state index contributed by atoms with van der Waals surface area (Å²) in [6.45, 7) is 2.96. The highest BCUT2D eigenvalue weighted by molar-refractivity contribution is 9.10. The van der Waals surface area contributed by atoms with Crippen molar-refractivity contribution in [1.29, 1.82) is 0 Å². The summed E-state index contributed by atoms with van der Waals surface area (Å²) in [6.07, 6.45) is 1.78. The number of hydrogen-bond donors (Lipinski definition) is 1. The maximum Gasteiger partial charge on any atom is 0.125 e. The third-order valence-electron chi connectivity index (χ3n) is 1.09. The minimum absolute atomic E-state index is 0. The predicted molar refractivity (Wildman–Crippen MR) is 60.6 cm³/mol. The molecular weight excluding hydrogens is 263 g/mol. The summed E-state index contributed by atoms with van der Waals surface area (Å²) in [5.41, 5.74) is 0. The summed E-state index contributed by atoms with van der Waals surface area (Å²) in [7, 11) is 0. The summed E-state index contributed by atoms with van der Waals surface area (Å²) < 4.78 is 1.01. The fraction of sp³-hybridized carbons (Fsp3) is 0.286. The van der Waals surface area contributed by atoms with Crippen molar-refractivity contribution in [3.63, 3.8) is 0 Å². The fourth-order valence-corrected chi connectivity index (χ4v) is 0.896. The molecule has 0 radical (unpaired) electrons. The monoisotopic (exact) mass is 272 g/mol. The third kappa shape index (κ3) is 4.80. The normalized spacial score (nSPS) is 7.83. The van der Waals surface area contributed by atoms with Crippen LogP contribution in [0.2, 0.25) is 0 Å². The lowest BCUT2D eigenvalue weighted by Crippen LogP contribution is -1.97. The first-order valence-corrected chi connectivity index (χ1v) is 3.97. The van der Waals surface area contributed by atoms with Crippen LogP contribution in [0.1, 0.15) is 6.92 Å². The highest BCUT2D eigenvalue weighted by Crippen LogP contribution is 2.09. The van der Waals surface area contributed by atoms with Gasteiger partial charge in [-0.3, -0.25) is 0 Å². The lowest BCUT2D eigenvalue weighted by molar-refractivity contribution is 1.16. The molecule has 0 aliphatic heterocycles. The van der Waals surface area contributed by atoms with Crippen LogP contribution in [-0.2, 0) is 0 Å². The van der Waals surface area contributed by atoms with E-state index in [0.717, 1.165) is 16.8 Å². The highest BCUT2D eigenvalue weighted by Gasteiger charge is 1.88. The van der Waals surface area contributed by atoms with E-state index in [2.05, 4.69) is 26.2 Å². The fourth-order valence-electron chi connectivity index (χ4n) is 0.662. The minimum Gasteiger partial charge on any atom is -0.370 e. The predicted octanol–water partition coefficient (Wildman–Crippen LogP) is 3.12. The molecule has 70 valence electrons. The van der Waals surface area contributed by atoms with Gasteiger partial charge in [0.15, 0.2) is 0 Å². The molecule has 0 unspecified atom stereocenters. The molecule has 0 amide bonds. The topological polar surface area (TPSA) is 24.9 Å². The van der Waals surface area contributed by atoms with Gasteiger partial charge < -0.3 is 5.32 Å². The second-order valence-corrected chi connectivity index (χ2v) is 2.81. The zero-order valence-electron chi connectivity index (χ0n) is 6.58. The van der Waals surface area contributed by atoms with Gasteiger partial charge in [-0.2, -0.15) is 0 Å². The zero-order valence-corrected chi connectivity index (χ0v) is 9.80. The standard InChI is InChI=1S/C7H9BrN2.2ClH/c1-2-9-7-4-3-6(8)5-10-7;;/h3-5H,2H2,1H3,(H,9,10);2*1H. The Hall–Kier alpha value is 0.01000. The van der Waals surface area contributed by atoms with Crippen molar-refractivity contribution in [1.82, 2.24) is 4.98 Å². The van der Waals surface area contributed by atoms with Gasteiger partial charge in [-0.05, 0) is 35.0 Å². The molecule has 0 aromatic carbocycles. The first-order valence-electron chi connectivity index (χ1n) is 3.18. The van der Waals surface area contributed by atoms with Gasteiger partial charge in [0.1, 0.15) is 5.82 Å². The van der Waals surface area contributed by atoms with Crippen molar-refractivity contribution in [3.05, 3.63) is 22.8 Å². The lowest BCUT2D eigenvalue weighted by Gasteiger charge is -1.99. The molecule has 0 saturated heterocycles. The largest absolute Gasteiger partial charge is 0.370 e. The smallest absolute Gasteiger partial charge is 0.125 e. The first-order chi connectivity index (χ1) is 4.83. The Labute approximate surface area is 93.1 Å². The van der Waals surface area contributed by atoms with Crippen LogP contribution in [0.4, 0.5) is 5.82 Å². The van der Waals surface area contributed by atoms with E-state index in [0.29, 0.717) is 0 Å². The number of anilines is 1.